The Hall–Kier alpha value is -2.32. The number of rotatable bonds is 5. The molecular formula is C19H19BrN4O2S. The second kappa shape index (κ2) is 8.58. The number of ether oxygens (including phenoxy) is 2. The van der Waals surface area contributed by atoms with Gasteiger partial charge in [0.05, 0.1) is 19.9 Å². The molecule has 4 rings (SSSR count). The summed E-state index contributed by atoms with van der Waals surface area (Å²) in [6.07, 6.45) is 0.659. The lowest BCUT2D eigenvalue weighted by molar-refractivity contribution is 0.414. The molecule has 0 saturated carbocycles. The topological polar surface area (TPSA) is 61.5 Å². The summed E-state index contributed by atoms with van der Waals surface area (Å²) in [5.41, 5.74) is 3.17. The van der Waals surface area contributed by atoms with E-state index in [9.17, 15) is 0 Å². The lowest BCUT2D eigenvalue weighted by atomic mass is 10.1. The molecule has 0 bridgehead atoms. The molecule has 0 fully saturated rings. The molecular weight excluding hydrogens is 428 g/mol. The number of nitrogens with zero attached hydrogens (tertiary/aromatic N) is 4. The van der Waals surface area contributed by atoms with Gasteiger partial charge < -0.3 is 9.47 Å². The molecule has 0 saturated heterocycles. The summed E-state index contributed by atoms with van der Waals surface area (Å²) >= 11 is 1.64. The van der Waals surface area contributed by atoms with Gasteiger partial charge in [0.25, 0.3) is 0 Å². The Morgan fingerprint density at radius 2 is 1.78 bits per heavy atom. The highest BCUT2D eigenvalue weighted by atomic mass is 79.9. The number of methoxy groups -OCH3 is 2. The van der Waals surface area contributed by atoms with Gasteiger partial charge >= 0.3 is 0 Å². The van der Waals surface area contributed by atoms with E-state index < -0.39 is 0 Å². The summed E-state index contributed by atoms with van der Waals surface area (Å²) < 4.78 is 12.4. The van der Waals surface area contributed by atoms with Crippen molar-refractivity contribution >= 4 is 34.5 Å². The third-order valence-corrected chi connectivity index (χ3v) is 5.09. The fourth-order valence-electron chi connectivity index (χ4n) is 2.75. The van der Waals surface area contributed by atoms with Gasteiger partial charge in [-0.05, 0) is 29.8 Å². The Morgan fingerprint density at radius 1 is 1.00 bits per heavy atom. The molecule has 140 valence electrons. The molecule has 0 spiro atoms. The molecule has 1 aliphatic rings. The van der Waals surface area contributed by atoms with Crippen molar-refractivity contribution in [1.29, 1.82) is 0 Å². The van der Waals surface area contributed by atoms with Crippen LogP contribution in [0, 0.1) is 0 Å². The van der Waals surface area contributed by atoms with E-state index in [2.05, 4.69) is 10.2 Å². The maximum Gasteiger partial charge on any atom is 0.212 e. The third-order valence-electron chi connectivity index (χ3n) is 4.16. The first-order chi connectivity index (χ1) is 12.8. The Bertz CT molecular complexity index is 957. The molecule has 0 aliphatic carbocycles. The van der Waals surface area contributed by atoms with Gasteiger partial charge in [-0.1, -0.05) is 36.0 Å². The molecule has 2 heterocycles. The summed E-state index contributed by atoms with van der Waals surface area (Å²) in [5, 5.41) is 14.2. The molecule has 2 aromatic carbocycles. The van der Waals surface area contributed by atoms with Crippen LogP contribution in [0.4, 0.5) is 0 Å². The van der Waals surface area contributed by atoms with Crippen molar-refractivity contribution in [2.24, 2.45) is 5.10 Å². The van der Waals surface area contributed by atoms with Crippen LogP contribution in [0.5, 0.6) is 11.5 Å². The minimum atomic E-state index is 0. The summed E-state index contributed by atoms with van der Waals surface area (Å²) in [7, 11) is 3.33. The summed E-state index contributed by atoms with van der Waals surface area (Å²) in [4.78, 5) is 0. The minimum absolute atomic E-state index is 0. The van der Waals surface area contributed by atoms with Crippen molar-refractivity contribution in [2.75, 3.05) is 20.0 Å². The number of benzene rings is 2. The average molecular weight is 447 g/mol. The van der Waals surface area contributed by atoms with Crippen LogP contribution in [0.3, 0.4) is 0 Å². The van der Waals surface area contributed by atoms with E-state index in [0.29, 0.717) is 6.42 Å². The summed E-state index contributed by atoms with van der Waals surface area (Å²) in [6, 6.07) is 15.9. The van der Waals surface area contributed by atoms with Crippen molar-refractivity contribution in [2.45, 2.75) is 11.6 Å². The van der Waals surface area contributed by atoms with E-state index in [0.717, 1.165) is 45.1 Å². The number of halogens is 1. The van der Waals surface area contributed by atoms with E-state index in [1.807, 2.05) is 53.2 Å². The van der Waals surface area contributed by atoms with Crippen molar-refractivity contribution < 1.29 is 9.47 Å². The van der Waals surface area contributed by atoms with E-state index in [1.54, 1.807) is 26.0 Å². The number of hydrogen-bond acceptors (Lipinski definition) is 6. The molecule has 0 radical (unpaired) electrons. The molecule has 3 aromatic rings. The quantitative estimate of drug-likeness (QED) is 0.595. The first-order valence-electron chi connectivity index (χ1n) is 8.19. The van der Waals surface area contributed by atoms with E-state index in [4.69, 9.17) is 14.6 Å². The standard InChI is InChI=1S/C19H18N4O2S.BrH/c1-24-15-8-6-13(7-9-15)10-18-20-21-19-23(18)22-17(12-26-19)14-4-3-5-16(11-14)25-2;/h3-9,11H,10,12H2,1-2H3;1H. The van der Waals surface area contributed by atoms with E-state index >= 15 is 0 Å². The molecule has 0 amide bonds. The smallest absolute Gasteiger partial charge is 0.212 e. The molecule has 27 heavy (non-hydrogen) atoms. The predicted molar refractivity (Wildman–Crippen MR) is 112 cm³/mol. The highest BCUT2D eigenvalue weighted by Crippen LogP contribution is 2.26. The summed E-state index contributed by atoms with van der Waals surface area (Å²) in [5.74, 6) is 3.24. The first-order valence-corrected chi connectivity index (χ1v) is 9.17. The predicted octanol–water partition coefficient (Wildman–Crippen LogP) is 3.82. The monoisotopic (exact) mass is 446 g/mol. The fourth-order valence-corrected chi connectivity index (χ4v) is 3.61. The SMILES string of the molecule is Br.COc1ccc(Cc2nnc3n2N=C(c2cccc(OC)c2)CS3)cc1. The van der Waals surface area contributed by atoms with Crippen LogP contribution in [0.2, 0.25) is 0 Å². The lowest BCUT2D eigenvalue weighted by Gasteiger charge is -2.14. The van der Waals surface area contributed by atoms with Crippen LogP contribution in [-0.2, 0) is 6.42 Å². The highest BCUT2D eigenvalue weighted by molar-refractivity contribution is 8.93. The van der Waals surface area contributed by atoms with Crippen molar-refractivity contribution in [1.82, 2.24) is 14.9 Å². The van der Waals surface area contributed by atoms with Gasteiger partial charge in [-0.3, -0.25) is 0 Å². The zero-order valence-corrected chi connectivity index (χ0v) is 17.5. The molecule has 0 N–H and O–H groups in total. The molecule has 8 heteroatoms. The largest absolute Gasteiger partial charge is 0.497 e. The fraction of sp³-hybridized carbons (Fsp3) is 0.211. The van der Waals surface area contributed by atoms with Crippen LogP contribution in [-0.4, -0.2) is 40.6 Å². The molecule has 6 nitrogen and oxygen atoms in total. The van der Waals surface area contributed by atoms with Gasteiger partial charge in [0.1, 0.15) is 11.5 Å². The van der Waals surface area contributed by atoms with Crippen LogP contribution >= 0.6 is 28.7 Å². The average Bonchev–Trinajstić information content (AvgIpc) is 3.10. The Kier molecular flexibility index (Phi) is 6.18. The van der Waals surface area contributed by atoms with E-state index in [-0.39, 0.29) is 17.0 Å². The third kappa shape index (κ3) is 4.17. The maximum atomic E-state index is 5.32. The van der Waals surface area contributed by atoms with Crippen LogP contribution in [0.25, 0.3) is 0 Å². The second-order valence-electron chi connectivity index (χ2n) is 5.80. The van der Waals surface area contributed by atoms with Crippen LogP contribution in [0.15, 0.2) is 58.8 Å². The Morgan fingerprint density at radius 3 is 2.52 bits per heavy atom. The van der Waals surface area contributed by atoms with Gasteiger partial charge in [0.15, 0.2) is 5.82 Å². The van der Waals surface area contributed by atoms with Crippen molar-refractivity contribution in [3.05, 3.63) is 65.5 Å². The van der Waals surface area contributed by atoms with Crippen LogP contribution < -0.4 is 9.47 Å². The molecule has 1 aliphatic heterocycles. The van der Waals surface area contributed by atoms with Gasteiger partial charge in [-0.2, -0.15) is 9.78 Å². The van der Waals surface area contributed by atoms with Gasteiger partial charge in [0.2, 0.25) is 5.16 Å². The number of aromatic nitrogens is 3. The number of fused-ring (bicyclic) bond motifs is 1. The van der Waals surface area contributed by atoms with Crippen LogP contribution in [0.1, 0.15) is 17.0 Å². The van der Waals surface area contributed by atoms with Crippen molar-refractivity contribution in [3.8, 4) is 11.5 Å². The zero-order valence-electron chi connectivity index (χ0n) is 15.0. The van der Waals surface area contributed by atoms with E-state index in [1.165, 1.54) is 0 Å². The van der Waals surface area contributed by atoms with Gasteiger partial charge in [0, 0.05) is 17.7 Å². The maximum absolute atomic E-state index is 5.32. The zero-order chi connectivity index (χ0) is 17.9. The lowest BCUT2D eigenvalue weighted by Crippen LogP contribution is -2.14. The van der Waals surface area contributed by atoms with Gasteiger partial charge in [-0.15, -0.1) is 27.2 Å². The molecule has 0 unspecified atom stereocenters. The normalized spacial score (nSPS) is 12.6. The second-order valence-corrected chi connectivity index (χ2v) is 6.75. The summed E-state index contributed by atoms with van der Waals surface area (Å²) in [6.45, 7) is 0. The Labute approximate surface area is 172 Å². The number of thioether (sulfide) groups is 1. The minimum Gasteiger partial charge on any atom is -0.497 e. The highest BCUT2D eigenvalue weighted by Gasteiger charge is 2.20. The van der Waals surface area contributed by atoms with Gasteiger partial charge in [-0.25, -0.2) is 0 Å². The number of hydrogen-bond donors (Lipinski definition) is 0. The first kappa shape index (κ1) is 19.4. The molecule has 1 aromatic heterocycles. The van der Waals surface area contributed by atoms with Crippen molar-refractivity contribution in [3.63, 3.8) is 0 Å². The molecule has 0 atom stereocenters. The Balaban J connectivity index is 0.00000210.